The smallest absolute Gasteiger partial charge is 0.128 e. The van der Waals surface area contributed by atoms with E-state index in [0.29, 0.717) is 0 Å². The number of unbranched alkanes of at least 4 members (excludes halogenated alkanes) is 1. The van der Waals surface area contributed by atoms with Gasteiger partial charge >= 0.3 is 0 Å². The van der Waals surface area contributed by atoms with Crippen LogP contribution in [0.25, 0.3) is 6.08 Å². The molecule has 0 unspecified atom stereocenters. The van der Waals surface area contributed by atoms with Crippen LogP contribution in [-0.4, -0.2) is 0 Å². The first-order chi connectivity index (χ1) is 9.69. The van der Waals surface area contributed by atoms with Crippen molar-refractivity contribution in [1.29, 1.82) is 0 Å². The first-order valence-corrected chi connectivity index (χ1v) is 8.01. The number of furan rings is 1. The van der Waals surface area contributed by atoms with Crippen LogP contribution >= 0.6 is 11.8 Å². The number of rotatable bonds is 6. The van der Waals surface area contributed by atoms with Crippen LogP contribution < -0.4 is 0 Å². The maximum Gasteiger partial charge on any atom is 0.128 e. The zero-order chi connectivity index (χ0) is 14.4. The Morgan fingerprint density at radius 1 is 1.20 bits per heavy atom. The quantitative estimate of drug-likeness (QED) is 0.627. The van der Waals surface area contributed by atoms with E-state index < -0.39 is 0 Å². The average Bonchev–Trinajstić information content (AvgIpc) is 2.78. The second-order valence-corrected chi connectivity index (χ2v) is 6.29. The molecule has 1 nitrogen and oxygen atoms in total. The number of aryl methyl sites for hydroxylation is 1. The average molecular weight is 286 g/mol. The molecule has 0 N–H and O–H groups in total. The van der Waals surface area contributed by atoms with Crippen molar-refractivity contribution < 1.29 is 4.42 Å². The summed E-state index contributed by atoms with van der Waals surface area (Å²) >= 11 is 1.79. The molecule has 1 heterocycles. The van der Waals surface area contributed by atoms with Crippen LogP contribution in [0.3, 0.4) is 0 Å². The molecule has 0 saturated heterocycles. The van der Waals surface area contributed by atoms with Crippen LogP contribution in [0.1, 0.15) is 45.1 Å². The molecule has 0 saturated carbocycles. The Morgan fingerprint density at radius 2 is 1.95 bits per heavy atom. The Labute approximate surface area is 126 Å². The Kier molecular flexibility index (Phi) is 5.54. The van der Waals surface area contributed by atoms with Crippen LogP contribution in [0.2, 0.25) is 0 Å². The van der Waals surface area contributed by atoms with Gasteiger partial charge in [0.15, 0.2) is 0 Å². The molecular weight excluding hydrogens is 264 g/mol. The van der Waals surface area contributed by atoms with Crippen molar-refractivity contribution >= 4 is 17.8 Å². The van der Waals surface area contributed by atoms with Crippen LogP contribution in [0.5, 0.6) is 0 Å². The van der Waals surface area contributed by atoms with Gasteiger partial charge < -0.3 is 4.42 Å². The minimum atomic E-state index is 0.967. The fraction of sp³-hybridized carbons (Fsp3) is 0.333. The SMILES string of the molecule is CCCCc1oc(C=C(C)C)cc1Sc1ccccc1. The lowest BCUT2D eigenvalue weighted by molar-refractivity contribution is 0.484. The summed E-state index contributed by atoms with van der Waals surface area (Å²) in [4.78, 5) is 2.51. The summed E-state index contributed by atoms with van der Waals surface area (Å²) in [6.45, 7) is 6.40. The molecule has 1 aromatic carbocycles. The van der Waals surface area contributed by atoms with E-state index >= 15 is 0 Å². The lowest BCUT2D eigenvalue weighted by Gasteiger charge is -2.01. The number of allylic oxidation sites excluding steroid dienone is 1. The minimum absolute atomic E-state index is 0.967. The zero-order valence-corrected chi connectivity index (χ0v) is 13.3. The van der Waals surface area contributed by atoms with Gasteiger partial charge in [-0.2, -0.15) is 0 Å². The van der Waals surface area contributed by atoms with Crippen molar-refractivity contribution in [2.24, 2.45) is 0 Å². The van der Waals surface area contributed by atoms with Gasteiger partial charge in [0.05, 0.1) is 4.90 Å². The lowest BCUT2D eigenvalue weighted by atomic mass is 10.2. The van der Waals surface area contributed by atoms with Crippen LogP contribution in [0.15, 0.2) is 56.2 Å². The van der Waals surface area contributed by atoms with E-state index in [-0.39, 0.29) is 0 Å². The molecule has 0 spiro atoms. The van der Waals surface area contributed by atoms with E-state index in [0.717, 1.165) is 17.9 Å². The summed E-state index contributed by atoms with van der Waals surface area (Å²) in [6.07, 6.45) is 5.48. The van der Waals surface area contributed by atoms with E-state index in [4.69, 9.17) is 4.42 Å². The van der Waals surface area contributed by atoms with E-state index in [1.165, 1.54) is 28.2 Å². The zero-order valence-electron chi connectivity index (χ0n) is 12.5. The van der Waals surface area contributed by atoms with Crippen molar-refractivity contribution in [3.8, 4) is 0 Å². The van der Waals surface area contributed by atoms with Crippen LogP contribution in [-0.2, 0) is 6.42 Å². The van der Waals surface area contributed by atoms with E-state index in [1.807, 2.05) is 6.07 Å². The largest absolute Gasteiger partial charge is 0.461 e. The van der Waals surface area contributed by atoms with Crippen molar-refractivity contribution in [3.05, 3.63) is 53.5 Å². The summed E-state index contributed by atoms with van der Waals surface area (Å²) in [6, 6.07) is 12.6. The molecule has 0 atom stereocenters. The first kappa shape index (κ1) is 15.0. The fourth-order valence-corrected chi connectivity index (χ4v) is 2.98. The standard InChI is InChI=1S/C18H22OS/c1-4-5-11-17-18(13-15(19-17)12-14(2)3)20-16-9-7-6-8-10-16/h6-10,12-13H,4-5,11H2,1-3H3. The predicted molar refractivity (Wildman–Crippen MR) is 87.2 cm³/mol. The van der Waals surface area contributed by atoms with Gasteiger partial charge in [-0.25, -0.2) is 0 Å². The third-order valence-corrected chi connectivity index (χ3v) is 4.02. The normalized spacial score (nSPS) is 10.6. The summed E-state index contributed by atoms with van der Waals surface area (Å²) in [5.74, 6) is 2.09. The van der Waals surface area contributed by atoms with Gasteiger partial charge in [-0.3, -0.25) is 0 Å². The van der Waals surface area contributed by atoms with Gasteiger partial charge in [0.25, 0.3) is 0 Å². The predicted octanol–water partition coefficient (Wildman–Crippen LogP) is 6.20. The summed E-state index contributed by atoms with van der Waals surface area (Å²) in [7, 11) is 0. The Bertz CT molecular complexity index is 562. The van der Waals surface area contributed by atoms with E-state index in [9.17, 15) is 0 Å². The number of hydrogen-bond acceptors (Lipinski definition) is 2. The van der Waals surface area contributed by atoms with Gasteiger partial charge in [-0.1, -0.05) is 48.9 Å². The van der Waals surface area contributed by atoms with E-state index in [2.05, 4.69) is 57.2 Å². The Morgan fingerprint density at radius 3 is 2.60 bits per heavy atom. The molecule has 1 aromatic heterocycles. The van der Waals surface area contributed by atoms with Crippen molar-refractivity contribution in [3.63, 3.8) is 0 Å². The summed E-state index contributed by atoms with van der Waals surface area (Å²) < 4.78 is 6.00. The highest BCUT2D eigenvalue weighted by Crippen LogP contribution is 2.34. The molecule has 2 heteroatoms. The highest BCUT2D eigenvalue weighted by Gasteiger charge is 2.11. The molecule has 20 heavy (non-hydrogen) atoms. The molecule has 0 amide bonds. The molecule has 0 bridgehead atoms. The molecular formula is C18H22OS. The van der Waals surface area contributed by atoms with Crippen LogP contribution in [0, 0.1) is 0 Å². The Hall–Kier alpha value is -1.41. The minimum Gasteiger partial charge on any atom is -0.461 e. The number of benzene rings is 1. The van der Waals surface area contributed by atoms with Gasteiger partial charge in [0, 0.05) is 11.3 Å². The van der Waals surface area contributed by atoms with Gasteiger partial charge in [0.1, 0.15) is 11.5 Å². The maximum atomic E-state index is 6.00. The molecule has 0 aliphatic heterocycles. The lowest BCUT2D eigenvalue weighted by Crippen LogP contribution is -1.83. The van der Waals surface area contributed by atoms with Crippen molar-refractivity contribution in [1.82, 2.24) is 0 Å². The first-order valence-electron chi connectivity index (χ1n) is 7.19. The second kappa shape index (κ2) is 7.39. The number of hydrogen-bond donors (Lipinski definition) is 0. The molecule has 2 aromatic rings. The monoisotopic (exact) mass is 286 g/mol. The second-order valence-electron chi connectivity index (χ2n) is 5.18. The van der Waals surface area contributed by atoms with Gasteiger partial charge in [-0.05, 0) is 44.5 Å². The molecule has 0 aliphatic carbocycles. The summed E-state index contributed by atoms with van der Waals surface area (Å²) in [5.41, 5.74) is 1.26. The third-order valence-electron chi connectivity index (χ3n) is 2.95. The fourth-order valence-electron chi connectivity index (χ4n) is 2.00. The highest BCUT2D eigenvalue weighted by molar-refractivity contribution is 7.99. The molecule has 2 rings (SSSR count). The van der Waals surface area contributed by atoms with Crippen molar-refractivity contribution in [2.75, 3.05) is 0 Å². The van der Waals surface area contributed by atoms with Gasteiger partial charge in [0.2, 0.25) is 0 Å². The van der Waals surface area contributed by atoms with Crippen molar-refractivity contribution in [2.45, 2.75) is 49.8 Å². The Balaban J connectivity index is 2.24. The topological polar surface area (TPSA) is 13.1 Å². The third kappa shape index (κ3) is 4.31. The molecule has 0 radical (unpaired) electrons. The molecule has 0 aliphatic rings. The highest BCUT2D eigenvalue weighted by atomic mass is 32.2. The molecule has 106 valence electrons. The van der Waals surface area contributed by atoms with E-state index in [1.54, 1.807) is 11.8 Å². The summed E-state index contributed by atoms with van der Waals surface area (Å²) in [5, 5.41) is 0. The maximum absolute atomic E-state index is 6.00. The van der Waals surface area contributed by atoms with Gasteiger partial charge in [-0.15, -0.1) is 0 Å². The van der Waals surface area contributed by atoms with Crippen LogP contribution in [0.4, 0.5) is 0 Å². The molecule has 0 fully saturated rings.